The lowest BCUT2D eigenvalue weighted by atomic mass is 9.70. The van der Waals surface area contributed by atoms with Gasteiger partial charge in [0, 0.05) is 6.04 Å². The highest BCUT2D eigenvalue weighted by Gasteiger charge is 2.29. The summed E-state index contributed by atoms with van der Waals surface area (Å²) in [5.41, 5.74) is 15.2. The molecule has 0 heterocycles. The molecule has 2 nitrogen and oxygen atoms in total. The van der Waals surface area contributed by atoms with E-state index in [2.05, 4.69) is 38.1 Å². The smallest absolute Gasteiger partial charge is 0.0309 e. The summed E-state index contributed by atoms with van der Waals surface area (Å²) in [7, 11) is 0. The lowest BCUT2D eigenvalue weighted by Gasteiger charge is -2.35. The number of rotatable bonds is 4. The van der Waals surface area contributed by atoms with Crippen LogP contribution in [0, 0.1) is 5.41 Å². The molecular weight excluding hydrogens is 232 g/mol. The second-order valence-electron chi connectivity index (χ2n) is 6.75. The van der Waals surface area contributed by atoms with Crippen LogP contribution >= 0.6 is 0 Å². The molecule has 0 radical (unpaired) electrons. The molecule has 0 amide bonds. The Morgan fingerprint density at radius 2 is 1.84 bits per heavy atom. The van der Waals surface area contributed by atoms with E-state index in [1.165, 1.54) is 36.8 Å². The van der Waals surface area contributed by atoms with E-state index in [1.807, 2.05) is 0 Å². The van der Waals surface area contributed by atoms with E-state index in [0.717, 1.165) is 6.42 Å². The Balaban J connectivity index is 2.16. The molecule has 4 N–H and O–H groups in total. The minimum Gasteiger partial charge on any atom is -0.330 e. The molecule has 1 fully saturated rings. The van der Waals surface area contributed by atoms with Gasteiger partial charge in [-0.25, -0.2) is 0 Å². The van der Waals surface area contributed by atoms with Gasteiger partial charge in [-0.05, 0) is 61.1 Å². The van der Waals surface area contributed by atoms with Crippen LogP contribution in [0.15, 0.2) is 24.3 Å². The van der Waals surface area contributed by atoms with Crippen molar-refractivity contribution in [2.45, 2.75) is 57.9 Å². The van der Waals surface area contributed by atoms with Gasteiger partial charge in [-0.3, -0.25) is 0 Å². The van der Waals surface area contributed by atoms with Gasteiger partial charge in [0.1, 0.15) is 0 Å². The molecule has 2 rings (SSSR count). The Bertz CT molecular complexity index is 401. The first-order valence-electron chi connectivity index (χ1n) is 7.58. The lowest BCUT2D eigenvalue weighted by molar-refractivity contribution is 0.224. The maximum Gasteiger partial charge on any atom is 0.0309 e. The van der Waals surface area contributed by atoms with E-state index in [0.29, 0.717) is 17.9 Å². The monoisotopic (exact) mass is 260 g/mol. The Hall–Kier alpha value is -0.860. The van der Waals surface area contributed by atoms with Gasteiger partial charge < -0.3 is 11.5 Å². The van der Waals surface area contributed by atoms with E-state index >= 15 is 0 Å². The second-order valence-corrected chi connectivity index (χ2v) is 6.75. The van der Waals surface area contributed by atoms with Crippen molar-refractivity contribution < 1.29 is 0 Å². The summed E-state index contributed by atoms with van der Waals surface area (Å²) in [5.74, 6) is 0.688. The van der Waals surface area contributed by atoms with Gasteiger partial charge in [-0.15, -0.1) is 0 Å². The first-order valence-corrected chi connectivity index (χ1v) is 7.58. The van der Waals surface area contributed by atoms with Crippen LogP contribution in [0.3, 0.4) is 0 Å². The fourth-order valence-electron chi connectivity index (χ4n) is 3.27. The van der Waals surface area contributed by atoms with Crippen molar-refractivity contribution in [1.82, 2.24) is 0 Å². The van der Waals surface area contributed by atoms with Crippen molar-refractivity contribution in [1.29, 1.82) is 0 Å². The van der Waals surface area contributed by atoms with Crippen LogP contribution in [0.25, 0.3) is 0 Å². The molecule has 0 saturated heterocycles. The Morgan fingerprint density at radius 3 is 2.47 bits per heavy atom. The maximum atomic E-state index is 6.29. The minimum atomic E-state index is 0.0936. The van der Waals surface area contributed by atoms with Crippen molar-refractivity contribution >= 4 is 0 Å². The van der Waals surface area contributed by atoms with Crippen molar-refractivity contribution in [3.05, 3.63) is 35.4 Å². The first-order chi connectivity index (χ1) is 9.03. The molecule has 0 aliphatic heterocycles. The van der Waals surface area contributed by atoms with Gasteiger partial charge in [0.15, 0.2) is 0 Å². The molecule has 1 aromatic rings. The molecule has 0 aromatic heterocycles. The van der Waals surface area contributed by atoms with Crippen LogP contribution in [0.5, 0.6) is 0 Å². The summed E-state index contributed by atoms with van der Waals surface area (Å²) >= 11 is 0. The van der Waals surface area contributed by atoms with Crippen LogP contribution in [0.4, 0.5) is 0 Å². The standard InChI is InChI=1S/C17H28N2/c1-17(2)10-7-13(8-11-17)14-5-3-4-6-15(14)16(19)9-12-18/h3-6,13,16H,7-12,18-19H2,1-2H3. The molecule has 19 heavy (non-hydrogen) atoms. The summed E-state index contributed by atoms with van der Waals surface area (Å²) < 4.78 is 0. The fraction of sp³-hybridized carbons (Fsp3) is 0.647. The molecule has 2 heteroatoms. The summed E-state index contributed by atoms with van der Waals surface area (Å²) in [6.07, 6.45) is 6.09. The number of benzene rings is 1. The van der Waals surface area contributed by atoms with Gasteiger partial charge in [0.25, 0.3) is 0 Å². The Morgan fingerprint density at radius 1 is 1.21 bits per heavy atom. The largest absolute Gasteiger partial charge is 0.330 e. The Kier molecular flexibility index (Phi) is 4.64. The Labute approximate surface area is 117 Å². The van der Waals surface area contributed by atoms with Crippen LogP contribution in [0.1, 0.15) is 69.0 Å². The lowest BCUT2D eigenvalue weighted by Crippen LogP contribution is -2.23. The number of nitrogens with two attached hydrogens (primary N) is 2. The molecule has 1 atom stereocenters. The summed E-state index contributed by atoms with van der Waals surface area (Å²) in [5, 5.41) is 0. The van der Waals surface area contributed by atoms with E-state index in [4.69, 9.17) is 11.5 Å². The summed E-state index contributed by atoms with van der Waals surface area (Å²) in [6, 6.07) is 8.80. The zero-order valence-electron chi connectivity index (χ0n) is 12.4. The predicted molar refractivity (Wildman–Crippen MR) is 82.0 cm³/mol. The van der Waals surface area contributed by atoms with Crippen molar-refractivity contribution in [2.75, 3.05) is 6.54 Å². The normalized spacial score (nSPS) is 21.3. The average molecular weight is 260 g/mol. The second kappa shape index (κ2) is 6.06. The molecule has 1 unspecified atom stereocenters. The van der Waals surface area contributed by atoms with Crippen molar-refractivity contribution in [3.8, 4) is 0 Å². The predicted octanol–water partition coefficient (Wildman–Crippen LogP) is 3.72. The summed E-state index contributed by atoms with van der Waals surface area (Å²) in [4.78, 5) is 0. The highest BCUT2D eigenvalue weighted by atomic mass is 14.7. The molecule has 1 aromatic carbocycles. The topological polar surface area (TPSA) is 52.0 Å². The highest BCUT2D eigenvalue weighted by Crippen LogP contribution is 2.43. The zero-order valence-corrected chi connectivity index (χ0v) is 12.4. The molecule has 106 valence electrons. The maximum absolute atomic E-state index is 6.29. The van der Waals surface area contributed by atoms with Crippen LogP contribution < -0.4 is 11.5 Å². The van der Waals surface area contributed by atoms with E-state index < -0.39 is 0 Å². The third-order valence-corrected chi connectivity index (χ3v) is 4.65. The molecule has 0 bridgehead atoms. The molecular formula is C17H28N2. The molecule has 1 aliphatic carbocycles. The van der Waals surface area contributed by atoms with E-state index in [9.17, 15) is 0 Å². The van der Waals surface area contributed by atoms with E-state index in [-0.39, 0.29) is 6.04 Å². The van der Waals surface area contributed by atoms with Crippen LogP contribution in [0.2, 0.25) is 0 Å². The first kappa shape index (κ1) is 14.5. The van der Waals surface area contributed by atoms with Crippen LogP contribution in [-0.2, 0) is 0 Å². The van der Waals surface area contributed by atoms with Gasteiger partial charge in [0.2, 0.25) is 0 Å². The van der Waals surface area contributed by atoms with Gasteiger partial charge in [-0.1, -0.05) is 38.1 Å². The highest BCUT2D eigenvalue weighted by molar-refractivity contribution is 5.33. The van der Waals surface area contributed by atoms with Crippen molar-refractivity contribution in [3.63, 3.8) is 0 Å². The third-order valence-electron chi connectivity index (χ3n) is 4.65. The van der Waals surface area contributed by atoms with Crippen LogP contribution in [-0.4, -0.2) is 6.54 Å². The zero-order chi connectivity index (χ0) is 13.9. The van der Waals surface area contributed by atoms with Gasteiger partial charge in [0.05, 0.1) is 0 Å². The van der Waals surface area contributed by atoms with Gasteiger partial charge >= 0.3 is 0 Å². The SMILES string of the molecule is CC1(C)CCC(c2ccccc2C(N)CCN)CC1. The number of hydrogen-bond donors (Lipinski definition) is 2. The average Bonchev–Trinajstić information content (AvgIpc) is 2.39. The fourth-order valence-corrected chi connectivity index (χ4v) is 3.27. The molecule has 0 spiro atoms. The number of hydrogen-bond acceptors (Lipinski definition) is 2. The molecule has 1 saturated carbocycles. The minimum absolute atomic E-state index is 0.0936. The summed E-state index contributed by atoms with van der Waals surface area (Å²) in [6.45, 7) is 5.43. The van der Waals surface area contributed by atoms with E-state index in [1.54, 1.807) is 0 Å². The quantitative estimate of drug-likeness (QED) is 0.867. The van der Waals surface area contributed by atoms with Crippen molar-refractivity contribution in [2.24, 2.45) is 16.9 Å². The molecule has 1 aliphatic rings. The third kappa shape index (κ3) is 3.58. The van der Waals surface area contributed by atoms with Gasteiger partial charge in [-0.2, -0.15) is 0 Å².